The molecule has 0 saturated carbocycles. The van der Waals surface area contributed by atoms with Crippen LogP contribution in [0.2, 0.25) is 5.02 Å². The van der Waals surface area contributed by atoms with Gasteiger partial charge in [-0.3, -0.25) is 9.59 Å². The van der Waals surface area contributed by atoms with Crippen molar-refractivity contribution in [3.8, 4) is 11.5 Å². The van der Waals surface area contributed by atoms with Crippen molar-refractivity contribution in [2.75, 3.05) is 12.0 Å². The van der Waals surface area contributed by atoms with Gasteiger partial charge in [0.25, 0.3) is 11.8 Å². The highest BCUT2D eigenvalue weighted by Crippen LogP contribution is 2.44. The van der Waals surface area contributed by atoms with Crippen LogP contribution in [0.3, 0.4) is 0 Å². The maximum atomic E-state index is 15.3. The topological polar surface area (TPSA) is 72.9 Å². The predicted molar refractivity (Wildman–Crippen MR) is 126 cm³/mol. The minimum atomic E-state index is -0.855. The van der Waals surface area contributed by atoms with Gasteiger partial charge < -0.3 is 9.47 Å². The molecule has 1 heterocycles. The van der Waals surface area contributed by atoms with Crippen LogP contribution in [-0.4, -0.2) is 24.9 Å². The Bertz CT molecular complexity index is 1220. The van der Waals surface area contributed by atoms with Crippen molar-refractivity contribution >= 4 is 35.1 Å². The van der Waals surface area contributed by atoms with E-state index in [1.807, 2.05) is 0 Å². The zero-order chi connectivity index (χ0) is 24.6. The first-order valence-corrected chi connectivity index (χ1v) is 11.2. The summed E-state index contributed by atoms with van der Waals surface area (Å²) in [6.07, 6.45) is 2.57. The first-order chi connectivity index (χ1) is 16.2. The van der Waals surface area contributed by atoms with Crippen molar-refractivity contribution in [1.82, 2.24) is 0 Å². The molecule has 2 aromatic carbocycles. The fourth-order valence-electron chi connectivity index (χ4n) is 4.28. The van der Waals surface area contributed by atoms with E-state index in [1.165, 1.54) is 19.2 Å². The number of carbonyl (C=O) groups excluding carboxylic acids is 3. The number of halogens is 2. The van der Waals surface area contributed by atoms with Gasteiger partial charge in [-0.05, 0) is 69.4 Å². The summed E-state index contributed by atoms with van der Waals surface area (Å²) >= 11 is 6.31. The minimum absolute atomic E-state index is 0.0414. The lowest BCUT2D eigenvalue weighted by atomic mass is 9.93. The lowest BCUT2D eigenvalue weighted by molar-refractivity contribution is -0.120. The molecule has 0 fully saturated rings. The van der Waals surface area contributed by atoms with Gasteiger partial charge in [0.2, 0.25) is 0 Å². The number of hydrogen-bond acceptors (Lipinski definition) is 5. The molecule has 0 unspecified atom stereocenters. The Morgan fingerprint density at radius 3 is 2.24 bits per heavy atom. The summed E-state index contributed by atoms with van der Waals surface area (Å²) < 4.78 is 26.0. The number of methoxy groups -OCH3 is 1. The summed E-state index contributed by atoms with van der Waals surface area (Å²) in [6, 6.07) is 7.18. The number of benzene rings is 2. The first kappa shape index (κ1) is 23.7. The molecule has 8 heteroatoms. The van der Waals surface area contributed by atoms with Gasteiger partial charge >= 0.3 is 5.97 Å². The molecule has 34 heavy (non-hydrogen) atoms. The molecule has 0 bridgehead atoms. The molecule has 1 aliphatic carbocycles. The number of nitrogens with zero attached hydrogens (tertiary/aromatic N) is 1. The van der Waals surface area contributed by atoms with Crippen LogP contribution >= 0.6 is 11.6 Å². The van der Waals surface area contributed by atoms with E-state index in [4.69, 9.17) is 21.1 Å². The molecule has 4 rings (SSSR count). The van der Waals surface area contributed by atoms with E-state index < -0.39 is 23.6 Å². The predicted octanol–water partition coefficient (Wildman–Crippen LogP) is 5.57. The average molecular weight is 484 g/mol. The summed E-state index contributed by atoms with van der Waals surface area (Å²) in [4.78, 5) is 40.0. The largest absolute Gasteiger partial charge is 0.497 e. The highest BCUT2D eigenvalue weighted by atomic mass is 35.5. The van der Waals surface area contributed by atoms with Gasteiger partial charge in [0, 0.05) is 16.7 Å². The molecule has 2 amide bonds. The number of ether oxygens (including phenoxy) is 2. The van der Waals surface area contributed by atoms with E-state index in [1.54, 1.807) is 19.1 Å². The fraction of sp³-hybridized carbons (Fsp3) is 0.269. The lowest BCUT2D eigenvalue weighted by Gasteiger charge is -2.23. The third-order valence-electron chi connectivity index (χ3n) is 5.87. The van der Waals surface area contributed by atoms with Crippen molar-refractivity contribution in [2.45, 2.75) is 39.0 Å². The molecule has 0 radical (unpaired) electrons. The summed E-state index contributed by atoms with van der Waals surface area (Å²) in [5, 5.41) is -0.156. The van der Waals surface area contributed by atoms with Crippen LogP contribution < -0.4 is 14.4 Å². The Hall–Kier alpha value is -3.45. The van der Waals surface area contributed by atoms with Crippen molar-refractivity contribution < 1.29 is 28.2 Å². The number of amides is 2. The van der Waals surface area contributed by atoms with Gasteiger partial charge in [0.05, 0.1) is 23.4 Å². The van der Waals surface area contributed by atoms with Gasteiger partial charge in [-0.1, -0.05) is 23.8 Å². The minimum Gasteiger partial charge on any atom is -0.497 e. The van der Waals surface area contributed by atoms with Gasteiger partial charge in [-0.25, -0.2) is 14.1 Å². The first-order valence-electron chi connectivity index (χ1n) is 10.8. The maximum absolute atomic E-state index is 15.3. The number of anilines is 1. The molecule has 2 aliphatic rings. The number of allylic oxidation sites excluding steroid dienone is 1. The number of rotatable bonds is 6. The summed E-state index contributed by atoms with van der Waals surface area (Å²) in [6.45, 7) is 5.57. The van der Waals surface area contributed by atoms with E-state index >= 15 is 4.39 Å². The standard InChI is InChI=1S/C26H23ClFNO5/c1-14(2)12-19-22(29-24(30)17-6-4-5-7-18(17)25(29)31)21(28)13-20(27)23(19)34-26(32)15-8-10-16(33-3)11-9-15/h8-11,13H,1,4-7,12H2,2-3H3. The molecule has 1 aliphatic heterocycles. The smallest absolute Gasteiger partial charge is 0.343 e. The third-order valence-corrected chi connectivity index (χ3v) is 6.15. The van der Waals surface area contributed by atoms with Crippen LogP contribution in [-0.2, 0) is 16.0 Å². The van der Waals surface area contributed by atoms with Crippen molar-refractivity contribution in [3.63, 3.8) is 0 Å². The Balaban J connectivity index is 1.79. The van der Waals surface area contributed by atoms with Gasteiger partial charge in [0.1, 0.15) is 11.6 Å². The van der Waals surface area contributed by atoms with Gasteiger partial charge in [0.15, 0.2) is 5.75 Å². The van der Waals surface area contributed by atoms with Gasteiger partial charge in [-0.2, -0.15) is 0 Å². The van der Waals surface area contributed by atoms with Crippen molar-refractivity contribution in [1.29, 1.82) is 0 Å². The summed E-state index contributed by atoms with van der Waals surface area (Å²) in [7, 11) is 1.50. The quantitative estimate of drug-likeness (QED) is 0.232. The zero-order valence-electron chi connectivity index (χ0n) is 18.9. The maximum Gasteiger partial charge on any atom is 0.343 e. The monoisotopic (exact) mass is 483 g/mol. The second-order valence-corrected chi connectivity index (χ2v) is 8.77. The molecular formula is C26H23ClFNO5. The van der Waals surface area contributed by atoms with E-state index in [0.717, 1.165) is 23.8 Å². The zero-order valence-corrected chi connectivity index (χ0v) is 19.6. The molecule has 0 saturated heterocycles. The number of imide groups is 1. The molecule has 0 N–H and O–H groups in total. The molecule has 0 spiro atoms. The van der Waals surface area contributed by atoms with E-state index in [2.05, 4.69) is 6.58 Å². The highest BCUT2D eigenvalue weighted by molar-refractivity contribution is 6.35. The Kier molecular flexibility index (Phi) is 6.57. The van der Waals surface area contributed by atoms with Crippen molar-refractivity contribution in [2.24, 2.45) is 0 Å². The number of hydrogen-bond donors (Lipinski definition) is 0. The van der Waals surface area contributed by atoms with Crippen LogP contribution in [0.25, 0.3) is 0 Å². The van der Waals surface area contributed by atoms with E-state index in [-0.39, 0.29) is 34.0 Å². The van der Waals surface area contributed by atoms with Crippen LogP contribution in [0.15, 0.2) is 53.6 Å². The second-order valence-electron chi connectivity index (χ2n) is 8.36. The molecule has 0 aromatic heterocycles. The molecular weight excluding hydrogens is 461 g/mol. The van der Waals surface area contributed by atoms with Crippen LogP contribution in [0.4, 0.5) is 10.1 Å². The molecule has 6 nitrogen and oxygen atoms in total. The normalized spacial score (nSPS) is 15.5. The second kappa shape index (κ2) is 9.43. The fourth-order valence-corrected chi connectivity index (χ4v) is 4.53. The molecule has 0 atom stereocenters. The van der Waals surface area contributed by atoms with Crippen LogP contribution in [0.1, 0.15) is 48.5 Å². The van der Waals surface area contributed by atoms with Crippen molar-refractivity contribution in [3.05, 3.63) is 75.6 Å². The summed E-state index contributed by atoms with van der Waals surface area (Å²) in [5.74, 6) is -2.24. The Morgan fingerprint density at radius 1 is 1.12 bits per heavy atom. The Labute approximate surface area is 201 Å². The number of carbonyl (C=O) groups is 3. The van der Waals surface area contributed by atoms with E-state index in [9.17, 15) is 14.4 Å². The SMILES string of the molecule is C=C(C)Cc1c(OC(=O)c2ccc(OC)cc2)c(Cl)cc(F)c1N1C(=O)C2=C(CCCC2)C1=O. The van der Waals surface area contributed by atoms with Gasteiger partial charge in [-0.15, -0.1) is 0 Å². The van der Waals surface area contributed by atoms with E-state index in [0.29, 0.717) is 35.3 Å². The number of esters is 1. The van der Waals surface area contributed by atoms with Crippen LogP contribution in [0, 0.1) is 5.82 Å². The highest BCUT2D eigenvalue weighted by Gasteiger charge is 2.42. The average Bonchev–Trinajstić information content (AvgIpc) is 3.06. The summed E-state index contributed by atoms with van der Waals surface area (Å²) in [5.41, 5.74) is 1.51. The molecule has 176 valence electrons. The van der Waals surface area contributed by atoms with Crippen LogP contribution in [0.5, 0.6) is 11.5 Å². The molecule has 2 aromatic rings. The lowest BCUT2D eigenvalue weighted by Crippen LogP contribution is -2.33. The third kappa shape index (κ3) is 4.23. The Morgan fingerprint density at radius 2 is 1.71 bits per heavy atom.